The highest BCUT2D eigenvalue weighted by Crippen LogP contribution is 2.28. The highest BCUT2D eigenvalue weighted by molar-refractivity contribution is 7.92. The lowest BCUT2D eigenvalue weighted by Gasteiger charge is -2.18. The molecule has 1 N–H and O–H groups in total. The number of carbonyl (C=O) groups is 1. The molecule has 0 aliphatic rings. The summed E-state index contributed by atoms with van der Waals surface area (Å²) in [6, 6.07) is 10.1. The number of halogens is 1. The third-order valence-electron chi connectivity index (χ3n) is 4.19. The maximum absolute atomic E-state index is 12.4. The Labute approximate surface area is 170 Å². The molecular formula is C19H23ClN2O5S. The van der Waals surface area contributed by atoms with E-state index in [1.165, 1.54) is 19.2 Å². The van der Waals surface area contributed by atoms with Gasteiger partial charge in [0.25, 0.3) is 5.91 Å². The second-order valence-electron chi connectivity index (χ2n) is 6.09. The second kappa shape index (κ2) is 9.16. The molecule has 2 rings (SSSR count). The first-order valence-corrected chi connectivity index (χ1v) is 10.6. The van der Waals surface area contributed by atoms with Crippen LogP contribution in [0.15, 0.2) is 36.4 Å². The smallest absolute Gasteiger partial charge is 0.251 e. The Bertz CT molecular complexity index is 963. The van der Waals surface area contributed by atoms with Crippen LogP contribution in [-0.2, 0) is 16.4 Å². The van der Waals surface area contributed by atoms with Gasteiger partial charge in [-0.3, -0.25) is 9.10 Å². The minimum Gasteiger partial charge on any atom is -0.493 e. The van der Waals surface area contributed by atoms with E-state index in [1.807, 2.05) is 18.2 Å². The standard InChI is InChI=1S/C19H23ClN2O5S/c1-22(28(4,24)25)16-12-14(6-7-15(16)20)19(23)21-10-9-13-5-8-17(26-2)18(11-13)27-3/h5-8,11-12H,9-10H2,1-4H3,(H,21,23). The summed E-state index contributed by atoms with van der Waals surface area (Å²) in [5.74, 6) is 0.941. The molecule has 7 nitrogen and oxygen atoms in total. The Balaban J connectivity index is 2.06. The van der Waals surface area contributed by atoms with Crippen molar-refractivity contribution < 1.29 is 22.7 Å². The summed E-state index contributed by atoms with van der Waals surface area (Å²) in [7, 11) is 1.03. The molecule has 152 valence electrons. The van der Waals surface area contributed by atoms with Gasteiger partial charge in [-0.15, -0.1) is 0 Å². The molecule has 28 heavy (non-hydrogen) atoms. The molecule has 0 aliphatic carbocycles. The van der Waals surface area contributed by atoms with Crippen LogP contribution in [0.2, 0.25) is 5.02 Å². The molecular weight excluding hydrogens is 404 g/mol. The summed E-state index contributed by atoms with van der Waals surface area (Å²) in [6.07, 6.45) is 1.66. The van der Waals surface area contributed by atoms with Gasteiger partial charge in [-0.25, -0.2) is 8.42 Å². The van der Waals surface area contributed by atoms with Crippen molar-refractivity contribution in [1.82, 2.24) is 5.32 Å². The predicted octanol–water partition coefficient (Wildman–Crippen LogP) is 2.73. The Kier molecular flexibility index (Phi) is 7.15. The van der Waals surface area contributed by atoms with Gasteiger partial charge >= 0.3 is 0 Å². The van der Waals surface area contributed by atoms with Gasteiger partial charge in [0.2, 0.25) is 10.0 Å². The summed E-state index contributed by atoms with van der Waals surface area (Å²) >= 11 is 6.08. The van der Waals surface area contributed by atoms with Crippen molar-refractivity contribution in [3.05, 3.63) is 52.5 Å². The van der Waals surface area contributed by atoms with E-state index in [-0.39, 0.29) is 16.6 Å². The number of sulfonamides is 1. The van der Waals surface area contributed by atoms with E-state index < -0.39 is 10.0 Å². The highest BCUT2D eigenvalue weighted by Gasteiger charge is 2.17. The van der Waals surface area contributed by atoms with Gasteiger partial charge in [-0.05, 0) is 42.3 Å². The summed E-state index contributed by atoms with van der Waals surface area (Å²) in [5, 5.41) is 3.06. The molecule has 0 saturated heterocycles. The van der Waals surface area contributed by atoms with E-state index in [0.717, 1.165) is 16.1 Å². The Morgan fingerprint density at radius 1 is 1.11 bits per heavy atom. The third kappa shape index (κ3) is 5.30. The molecule has 2 aromatic rings. The van der Waals surface area contributed by atoms with Crippen molar-refractivity contribution in [1.29, 1.82) is 0 Å². The summed E-state index contributed by atoms with van der Waals surface area (Å²) in [6.45, 7) is 0.397. The van der Waals surface area contributed by atoms with Crippen LogP contribution in [0.4, 0.5) is 5.69 Å². The monoisotopic (exact) mass is 426 g/mol. The lowest BCUT2D eigenvalue weighted by molar-refractivity contribution is 0.0954. The molecule has 0 aliphatic heterocycles. The number of ether oxygens (including phenoxy) is 2. The number of rotatable bonds is 8. The van der Waals surface area contributed by atoms with Gasteiger partial charge < -0.3 is 14.8 Å². The number of benzene rings is 2. The van der Waals surface area contributed by atoms with E-state index in [2.05, 4.69) is 5.32 Å². The molecule has 0 aromatic heterocycles. The van der Waals surface area contributed by atoms with Gasteiger partial charge in [-0.2, -0.15) is 0 Å². The van der Waals surface area contributed by atoms with E-state index in [0.29, 0.717) is 30.0 Å². The molecule has 0 spiro atoms. The lowest BCUT2D eigenvalue weighted by Crippen LogP contribution is -2.27. The molecule has 0 unspecified atom stereocenters. The van der Waals surface area contributed by atoms with E-state index >= 15 is 0 Å². The number of hydrogen-bond donors (Lipinski definition) is 1. The van der Waals surface area contributed by atoms with Crippen LogP contribution in [0.1, 0.15) is 15.9 Å². The summed E-state index contributed by atoms with van der Waals surface area (Å²) < 4.78 is 35.0. The predicted molar refractivity (Wildman–Crippen MR) is 110 cm³/mol. The second-order valence-corrected chi connectivity index (χ2v) is 8.51. The molecule has 0 bridgehead atoms. The summed E-state index contributed by atoms with van der Waals surface area (Å²) in [4.78, 5) is 12.4. The summed E-state index contributed by atoms with van der Waals surface area (Å²) in [5.41, 5.74) is 1.55. The van der Waals surface area contributed by atoms with E-state index in [4.69, 9.17) is 21.1 Å². The highest BCUT2D eigenvalue weighted by atomic mass is 35.5. The maximum Gasteiger partial charge on any atom is 0.251 e. The molecule has 1 amide bonds. The number of methoxy groups -OCH3 is 2. The van der Waals surface area contributed by atoms with Gasteiger partial charge in [0, 0.05) is 19.2 Å². The van der Waals surface area contributed by atoms with Crippen molar-refractivity contribution in [2.24, 2.45) is 0 Å². The fourth-order valence-electron chi connectivity index (χ4n) is 2.53. The van der Waals surface area contributed by atoms with Crippen LogP contribution in [0.3, 0.4) is 0 Å². The SMILES string of the molecule is COc1ccc(CCNC(=O)c2ccc(Cl)c(N(C)S(C)(=O)=O)c2)cc1OC. The van der Waals surface area contributed by atoms with Gasteiger partial charge in [-0.1, -0.05) is 17.7 Å². The van der Waals surface area contributed by atoms with Crippen LogP contribution in [-0.4, -0.2) is 48.4 Å². The minimum atomic E-state index is -3.49. The van der Waals surface area contributed by atoms with Crippen LogP contribution >= 0.6 is 11.6 Å². The zero-order valence-electron chi connectivity index (χ0n) is 16.2. The third-order valence-corrected chi connectivity index (χ3v) is 5.70. The van der Waals surface area contributed by atoms with Crippen molar-refractivity contribution >= 4 is 33.2 Å². The number of nitrogens with zero attached hydrogens (tertiary/aromatic N) is 1. The Morgan fingerprint density at radius 2 is 1.79 bits per heavy atom. The maximum atomic E-state index is 12.4. The molecule has 0 radical (unpaired) electrons. The molecule has 0 saturated carbocycles. The van der Waals surface area contributed by atoms with Crippen LogP contribution in [0, 0.1) is 0 Å². The van der Waals surface area contributed by atoms with Gasteiger partial charge in [0.15, 0.2) is 11.5 Å². The van der Waals surface area contributed by atoms with Crippen molar-refractivity contribution in [2.75, 3.05) is 38.4 Å². The Hall–Kier alpha value is -2.45. The zero-order chi connectivity index (χ0) is 20.9. The fourth-order valence-corrected chi connectivity index (χ4v) is 3.34. The topological polar surface area (TPSA) is 84.9 Å². The number of carbonyl (C=O) groups excluding carboxylic acids is 1. The molecule has 2 aromatic carbocycles. The molecule has 0 atom stereocenters. The zero-order valence-corrected chi connectivity index (χ0v) is 17.7. The van der Waals surface area contributed by atoms with Gasteiger partial charge in [0.05, 0.1) is 31.2 Å². The van der Waals surface area contributed by atoms with Crippen LogP contribution < -0.4 is 19.1 Å². The van der Waals surface area contributed by atoms with Crippen molar-refractivity contribution in [3.8, 4) is 11.5 Å². The first-order valence-electron chi connectivity index (χ1n) is 8.40. The largest absolute Gasteiger partial charge is 0.493 e. The lowest BCUT2D eigenvalue weighted by atomic mass is 10.1. The fraction of sp³-hybridized carbons (Fsp3) is 0.316. The number of hydrogen-bond acceptors (Lipinski definition) is 5. The number of anilines is 1. The van der Waals surface area contributed by atoms with E-state index in [9.17, 15) is 13.2 Å². The van der Waals surface area contributed by atoms with Gasteiger partial charge in [0.1, 0.15) is 0 Å². The normalized spacial score (nSPS) is 11.0. The number of amides is 1. The molecule has 9 heteroatoms. The minimum absolute atomic E-state index is 0.245. The molecule has 0 fully saturated rings. The first kappa shape index (κ1) is 21.8. The number of nitrogens with one attached hydrogen (secondary N) is 1. The molecule has 0 heterocycles. The Morgan fingerprint density at radius 3 is 2.39 bits per heavy atom. The van der Waals surface area contributed by atoms with Crippen molar-refractivity contribution in [2.45, 2.75) is 6.42 Å². The average molecular weight is 427 g/mol. The quantitative estimate of drug-likeness (QED) is 0.701. The van der Waals surface area contributed by atoms with Crippen LogP contribution in [0.5, 0.6) is 11.5 Å². The van der Waals surface area contributed by atoms with Crippen molar-refractivity contribution in [3.63, 3.8) is 0 Å². The first-order chi connectivity index (χ1) is 13.2. The average Bonchev–Trinajstić information content (AvgIpc) is 2.66. The van der Waals surface area contributed by atoms with Crippen LogP contribution in [0.25, 0.3) is 0 Å². The van der Waals surface area contributed by atoms with E-state index in [1.54, 1.807) is 20.3 Å².